The van der Waals surface area contributed by atoms with Crippen molar-refractivity contribution < 1.29 is 14.6 Å². The standard InChI is InChI=1S/C9H9Br2NO3/c10-6-1-2-8(7(11)5-6)12-9(14)15-4-3-13/h1-2,5,13H,3-4H2,(H,12,14). The van der Waals surface area contributed by atoms with E-state index in [1.165, 1.54) is 0 Å². The Morgan fingerprint density at radius 1 is 1.47 bits per heavy atom. The van der Waals surface area contributed by atoms with Gasteiger partial charge in [-0.3, -0.25) is 5.32 Å². The summed E-state index contributed by atoms with van der Waals surface area (Å²) in [5, 5.41) is 11.0. The summed E-state index contributed by atoms with van der Waals surface area (Å²) in [6.45, 7) is -0.199. The fourth-order valence-corrected chi connectivity index (χ4v) is 2.02. The number of hydrogen-bond donors (Lipinski definition) is 2. The van der Waals surface area contributed by atoms with E-state index in [2.05, 4.69) is 41.9 Å². The molecule has 15 heavy (non-hydrogen) atoms. The largest absolute Gasteiger partial charge is 0.447 e. The number of carbonyl (C=O) groups is 1. The molecule has 2 N–H and O–H groups in total. The molecule has 0 saturated heterocycles. The highest BCUT2D eigenvalue weighted by molar-refractivity contribution is 9.11. The summed E-state index contributed by atoms with van der Waals surface area (Å²) in [5.74, 6) is 0. The van der Waals surface area contributed by atoms with Crippen molar-refractivity contribution in [3.05, 3.63) is 27.1 Å². The van der Waals surface area contributed by atoms with E-state index in [9.17, 15) is 4.79 Å². The fourth-order valence-electron chi connectivity index (χ4n) is 0.875. The van der Waals surface area contributed by atoms with Crippen molar-refractivity contribution in [3.63, 3.8) is 0 Å². The third-order valence-electron chi connectivity index (χ3n) is 1.49. The zero-order valence-corrected chi connectivity index (χ0v) is 10.8. The number of anilines is 1. The number of halogens is 2. The molecule has 0 aliphatic heterocycles. The second-order valence-electron chi connectivity index (χ2n) is 2.61. The first-order valence-corrected chi connectivity index (χ1v) is 5.72. The molecule has 0 saturated carbocycles. The van der Waals surface area contributed by atoms with Gasteiger partial charge in [0.15, 0.2) is 0 Å². The van der Waals surface area contributed by atoms with E-state index in [0.29, 0.717) is 5.69 Å². The normalized spacial score (nSPS) is 9.80. The number of amides is 1. The van der Waals surface area contributed by atoms with Crippen LogP contribution in [-0.2, 0) is 4.74 Å². The summed E-state index contributed by atoms with van der Waals surface area (Å²) in [6, 6.07) is 5.34. The van der Waals surface area contributed by atoms with Crippen molar-refractivity contribution in [2.24, 2.45) is 0 Å². The van der Waals surface area contributed by atoms with E-state index in [0.717, 1.165) is 8.95 Å². The molecular weight excluding hydrogens is 330 g/mol. The molecule has 1 aromatic rings. The molecule has 0 atom stereocenters. The minimum atomic E-state index is -0.591. The minimum Gasteiger partial charge on any atom is -0.447 e. The monoisotopic (exact) mass is 337 g/mol. The highest BCUT2D eigenvalue weighted by Gasteiger charge is 2.05. The molecule has 1 amide bonds. The van der Waals surface area contributed by atoms with Crippen LogP contribution in [0.1, 0.15) is 0 Å². The van der Waals surface area contributed by atoms with Crippen LogP contribution in [0, 0.1) is 0 Å². The first kappa shape index (κ1) is 12.5. The Morgan fingerprint density at radius 2 is 2.20 bits per heavy atom. The van der Waals surface area contributed by atoms with Crippen LogP contribution in [0.5, 0.6) is 0 Å². The highest BCUT2D eigenvalue weighted by atomic mass is 79.9. The van der Waals surface area contributed by atoms with Gasteiger partial charge in [0.2, 0.25) is 0 Å². The number of nitrogens with one attached hydrogen (secondary N) is 1. The summed E-state index contributed by atoms with van der Waals surface area (Å²) in [6.07, 6.45) is -0.591. The molecule has 0 spiro atoms. The molecule has 0 radical (unpaired) electrons. The minimum absolute atomic E-state index is 0.0139. The Hall–Kier alpha value is -0.590. The van der Waals surface area contributed by atoms with E-state index < -0.39 is 6.09 Å². The predicted octanol–water partition coefficient (Wildman–Crippen LogP) is 2.75. The SMILES string of the molecule is O=C(Nc1ccc(Br)cc1Br)OCCO. The Labute approximate surface area is 104 Å². The first-order chi connectivity index (χ1) is 7.13. The maximum absolute atomic E-state index is 11.1. The van der Waals surface area contributed by atoms with Crippen molar-refractivity contribution in [2.45, 2.75) is 0 Å². The van der Waals surface area contributed by atoms with Gasteiger partial charge in [-0.1, -0.05) is 15.9 Å². The number of rotatable bonds is 3. The highest BCUT2D eigenvalue weighted by Crippen LogP contribution is 2.26. The second kappa shape index (κ2) is 6.09. The van der Waals surface area contributed by atoms with Gasteiger partial charge < -0.3 is 9.84 Å². The molecule has 0 aliphatic rings. The molecule has 0 unspecified atom stereocenters. The van der Waals surface area contributed by atoms with Crippen LogP contribution in [0.25, 0.3) is 0 Å². The third kappa shape index (κ3) is 4.19. The average molecular weight is 339 g/mol. The Balaban J connectivity index is 2.60. The Morgan fingerprint density at radius 3 is 2.80 bits per heavy atom. The summed E-state index contributed by atoms with van der Waals surface area (Å²) in [5.41, 5.74) is 0.612. The maximum Gasteiger partial charge on any atom is 0.411 e. The van der Waals surface area contributed by atoms with Crippen molar-refractivity contribution in [3.8, 4) is 0 Å². The molecule has 4 nitrogen and oxygen atoms in total. The number of benzene rings is 1. The lowest BCUT2D eigenvalue weighted by Gasteiger charge is -2.07. The zero-order valence-electron chi connectivity index (χ0n) is 7.67. The molecular formula is C9H9Br2NO3. The van der Waals surface area contributed by atoms with Gasteiger partial charge >= 0.3 is 6.09 Å². The van der Waals surface area contributed by atoms with Crippen molar-refractivity contribution >= 4 is 43.6 Å². The Kier molecular flexibility index (Phi) is 5.07. The third-order valence-corrected chi connectivity index (χ3v) is 2.64. The average Bonchev–Trinajstić information content (AvgIpc) is 2.19. The molecule has 0 heterocycles. The molecule has 1 rings (SSSR count). The lowest BCUT2D eigenvalue weighted by molar-refractivity contribution is 0.131. The van der Waals surface area contributed by atoms with Crippen LogP contribution >= 0.6 is 31.9 Å². The molecule has 0 aromatic heterocycles. The smallest absolute Gasteiger partial charge is 0.411 e. The number of aliphatic hydroxyl groups is 1. The lowest BCUT2D eigenvalue weighted by atomic mass is 10.3. The molecule has 82 valence electrons. The van der Waals surface area contributed by atoms with E-state index in [-0.39, 0.29) is 13.2 Å². The van der Waals surface area contributed by atoms with Crippen LogP contribution < -0.4 is 5.32 Å². The number of ether oxygens (including phenoxy) is 1. The predicted molar refractivity (Wildman–Crippen MR) is 63.9 cm³/mol. The van der Waals surface area contributed by atoms with Gasteiger partial charge in [0.25, 0.3) is 0 Å². The zero-order chi connectivity index (χ0) is 11.3. The van der Waals surface area contributed by atoms with Crippen LogP contribution in [0.2, 0.25) is 0 Å². The van der Waals surface area contributed by atoms with E-state index in [1.54, 1.807) is 12.1 Å². The van der Waals surface area contributed by atoms with Gasteiger partial charge in [-0.15, -0.1) is 0 Å². The number of carbonyl (C=O) groups excluding carboxylic acids is 1. The van der Waals surface area contributed by atoms with E-state index >= 15 is 0 Å². The number of hydrogen-bond acceptors (Lipinski definition) is 3. The van der Waals surface area contributed by atoms with Gasteiger partial charge in [0.1, 0.15) is 6.61 Å². The Bertz CT molecular complexity index is 357. The van der Waals surface area contributed by atoms with Gasteiger partial charge in [-0.05, 0) is 34.1 Å². The molecule has 6 heteroatoms. The van der Waals surface area contributed by atoms with Crippen LogP contribution in [0.15, 0.2) is 27.1 Å². The molecule has 1 aromatic carbocycles. The fraction of sp³-hybridized carbons (Fsp3) is 0.222. The maximum atomic E-state index is 11.1. The van der Waals surface area contributed by atoms with Crippen LogP contribution in [-0.4, -0.2) is 24.4 Å². The first-order valence-electron chi connectivity index (χ1n) is 4.13. The van der Waals surface area contributed by atoms with Gasteiger partial charge in [-0.2, -0.15) is 0 Å². The summed E-state index contributed by atoms with van der Waals surface area (Å²) < 4.78 is 6.30. The van der Waals surface area contributed by atoms with E-state index in [1.807, 2.05) is 6.07 Å². The summed E-state index contributed by atoms with van der Waals surface area (Å²) in [7, 11) is 0. The van der Waals surface area contributed by atoms with E-state index in [4.69, 9.17) is 5.11 Å². The van der Waals surface area contributed by atoms with Crippen molar-refractivity contribution in [2.75, 3.05) is 18.5 Å². The summed E-state index contributed by atoms with van der Waals surface area (Å²) >= 11 is 6.59. The van der Waals surface area contributed by atoms with Gasteiger partial charge in [0.05, 0.1) is 12.3 Å². The van der Waals surface area contributed by atoms with Crippen LogP contribution in [0.3, 0.4) is 0 Å². The molecule has 0 aliphatic carbocycles. The number of aliphatic hydroxyl groups excluding tert-OH is 1. The van der Waals surface area contributed by atoms with Crippen molar-refractivity contribution in [1.82, 2.24) is 0 Å². The lowest BCUT2D eigenvalue weighted by Crippen LogP contribution is -2.15. The quantitative estimate of drug-likeness (QED) is 0.890. The second-order valence-corrected chi connectivity index (χ2v) is 4.38. The van der Waals surface area contributed by atoms with Crippen LogP contribution in [0.4, 0.5) is 10.5 Å². The van der Waals surface area contributed by atoms with Gasteiger partial charge in [-0.25, -0.2) is 4.79 Å². The van der Waals surface area contributed by atoms with Gasteiger partial charge in [0, 0.05) is 8.95 Å². The molecule has 0 bridgehead atoms. The van der Waals surface area contributed by atoms with Crippen molar-refractivity contribution in [1.29, 1.82) is 0 Å². The topological polar surface area (TPSA) is 58.6 Å². The molecule has 0 fully saturated rings. The summed E-state index contributed by atoms with van der Waals surface area (Å²) in [4.78, 5) is 11.1.